The zero-order valence-electron chi connectivity index (χ0n) is 8.27. The second kappa shape index (κ2) is 6.00. The van der Waals surface area contributed by atoms with Gasteiger partial charge in [0, 0.05) is 0 Å². The largest absolute Gasteiger partial charge is 0.414 e. The minimum Gasteiger partial charge on any atom is -0.414 e. The topological polar surface area (TPSA) is 91.0 Å². The van der Waals surface area contributed by atoms with Crippen molar-refractivity contribution in [2.45, 2.75) is 30.5 Å². The standard InChI is InChI=1S/C8H16N4OS/c1-14-8-12-11-7(13-8)6(10)4-2-3-5-9/h6H,2-5,9-10H2,1H3. The number of nitrogens with zero attached hydrogens (tertiary/aromatic N) is 2. The first-order chi connectivity index (χ1) is 6.77. The molecule has 1 unspecified atom stereocenters. The molecule has 0 aliphatic heterocycles. The van der Waals surface area contributed by atoms with Crippen molar-refractivity contribution in [2.24, 2.45) is 11.5 Å². The van der Waals surface area contributed by atoms with E-state index in [0.29, 0.717) is 17.7 Å². The first-order valence-corrected chi connectivity index (χ1v) is 5.83. The Morgan fingerprint density at radius 2 is 2.21 bits per heavy atom. The van der Waals surface area contributed by atoms with Crippen LogP contribution in [0.4, 0.5) is 0 Å². The molecule has 0 radical (unpaired) electrons. The highest BCUT2D eigenvalue weighted by atomic mass is 32.2. The van der Waals surface area contributed by atoms with Crippen LogP contribution in [-0.4, -0.2) is 23.0 Å². The minimum absolute atomic E-state index is 0.157. The van der Waals surface area contributed by atoms with Gasteiger partial charge in [-0.15, -0.1) is 10.2 Å². The van der Waals surface area contributed by atoms with Crippen LogP contribution < -0.4 is 11.5 Å². The van der Waals surface area contributed by atoms with E-state index in [1.807, 2.05) is 6.26 Å². The lowest BCUT2D eigenvalue weighted by molar-refractivity contribution is 0.375. The Hall–Kier alpha value is -0.590. The van der Waals surface area contributed by atoms with Crippen molar-refractivity contribution in [1.29, 1.82) is 0 Å². The van der Waals surface area contributed by atoms with Crippen LogP contribution in [0.2, 0.25) is 0 Å². The Balaban J connectivity index is 2.39. The highest BCUT2D eigenvalue weighted by molar-refractivity contribution is 7.98. The molecule has 1 atom stereocenters. The Bertz CT molecular complexity index is 266. The zero-order chi connectivity index (χ0) is 10.4. The summed E-state index contributed by atoms with van der Waals surface area (Å²) < 4.78 is 5.31. The molecule has 5 nitrogen and oxygen atoms in total. The number of rotatable bonds is 6. The molecule has 1 aromatic heterocycles. The van der Waals surface area contributed by atoms with Crippen LogP contribution in [-0.2, 0) is 0 Å². The van der Waals surface area contributed by atoms with Crippen LogP contribution in [0, 0.1) is 0 Å². The molecular formula is C8H16N4OS. The van der Waals surface area contributed by atoms with Crippen molar-refractivity contribution in [3.8, 4) is 0 Å². The van der Waals surface area contributed by atoms with Crippen molar-refractivity contribution in [3.63, 3.8) is 0 Å². The van der Waals surface area contributed by atoms with Crippen LogP contribution in [0.3, 0.4) is 0 Å². The van der Waals surface area contributed by atoms with E-state index in [4.69, 9.17) is 15.9 Å². The van der Waals surface area contributed by atoms with Crippen LogP contribution in [0.5, 0.6) is 0 Å². The number of unbranched alkanes of at least 4 members (excludes halogenated alkanes) is 1. The number of thioether (sulfide) groups is 1. The monoisotopic (exact) mass is 216 g/mol. The van der Waals surface area contributed by atoms with Gasteiger partial charge < -0.3 is 15.9 Å². The molecule has 6 heteroatoms. The summed E-state index contributed by atoms with van der Waals surface area (Å²) in [6.45, 7) is 0.701. The zero-order valence-corrected chi connectivity index (χ0v) is 9.09. The van der Waals surface area contributed by atoms with Gasteiger partial charge in [-0.1, -0.05) is 18.2 Å². The molecular weight excluding hydrogens is 200 g/mol. The van der Waals surface area contributed by atoms with Crippen LogP contribution in [0.1, 0.15) is 31.2 Å². The van der Waals surface area contributed by atoms with Gasteiger partial charge in [-0.25, -0.2) is 0 Å². The Morgan fingerprint density at radius 1 is 1.43 bits per heavy atom. The summed E-state index contributed by atoms with van der Waals surface area (Å²) in [6, 6.07) is -0.157. The van der Waals surface area contributed by atoms with Gasteiger partial charge in [-0.2, -0.15) is 0 Å². The Kier molecular flexibility index (Phi) is 4.92. The van der Waals surface area contributed by atoms with Gasteiger partial charge in [-0.05, 0) is 25.6 Å². The molecule has 0 aliphatic carbocycles. The Morgan fingerprint density at radius 3 is 2.79 bits per heavy atom. The molecule has 0 fully saturated rings. The first kappa shape index (κ1) is 11.5. The van der Waals surface area contributed by atoms with E-state index < -0.39 is 0 Å². The fraction of sp³-hybridized carbons (Fsp3) is 0.750. The van der Waals surface area contributed by atoms with Crippen molar-refractivity contribution < 1.29 is 4.42 Å². The third kappa shape index (κ3) is 3.28. The molecule has 1 rings (SSSR count). The molecule has 80 valence electrons. The average molecular weight is 216 g/mol. The smallest absolute Gasteiger partial charge is 0.276 e. The van der Waals surface area contributed by atoms with Gasteiger partial charge in [0.2, 0.25) is 5.89 Å². The molecule has 0 saturated heterocycles. The maximum absolute atomic E-state index is 5.86. The lowest BCUT2D eigenvalue weighted by atomic mass is 10.1. The molecule has 0 aliphatic rings. The molecule has 1 aromatic rings. The van der Waals surface area contributed by atoms with Crippen molar-refractivity contribution >= 4 is 11.8 Å². The molecule has 0 bridgehead atoms. The van der Waals surface area contributed by atoms with Gasteiger partial charge in [-0.3, -0.25) is 0 Å². The molecule has 1 heterocycles. The maximum atomic E-state index is 5.86. The quantitative estimate of drug-likeness (QED) is 0.543. The van der Waals surface area contributed by atoms with Gasteiger partial charge >= 0.3 is 0 Å². The summed E-state index contributed by atoms with van der Waals surface area (Å²) >= 11 is 1.42. The number of hydrogen-bond donors (Lipinski definition) is 2. The van der Waals surface area contributed by atoms with Crippen LogP contribution in [0.15, 0.2) is 9.64 Å². The van der Waals surface area contributed by atoms with Crippen LogP contribution in [0.25, 0.3) is 0 Å². The van der Waals surface area contributed by atoms with E-state index >= 15 is 0 Å². The van der Waals surface area contributed by atoms with Crippen molar-refractivity contribution in [1.82, 2.24) is 10.2 Å². The van der Waals surface area contributed by atoms with Gasteiger partial charge in [0.05, 0.1) is 6.04 Å². The first-order valence-electron chi connectivity index (χ1n) is 4.61. The fourth-order valence-electron chi connectivity index (χ4n) is 1.08. The Labute approximate surface area is 87.6 Å². The van der Waals surface area contributed by atoms with Gasteiger partial charge in [0.15, 0.2) is 0 Å². The van der Waals surface area contributed by atoms with E-state index in [2.05, 4.69) is 10.2 Å². The molecule has 0 aromatic carbocycles. The van der Waals surface area contributed by atoms with Crippen molar-refractivity contribution in [3.05, 3.63) is 5.89 Å². The lowest BCUT2D eigenvalue weighted by Crippen LogP contribution is -2.11. The SMILES string of the molecule is CSc1nnc(C(N)CCCCN)o1. The van der Waals surface area contributed by atoms with E-state index in [1.54, 1.807) is 0 Å². The predicted molar refractivity (Wildman–Crippen MR) is 55.9 cm³/mol. The average Bonchev–Trinajstić information content (AvgIpc) is 2.66. The highest BCUT2D eigenvalue weighted by Crippen LogP contribution is 2.19. The molecule has 4 N–H and O–H groups in total. The summed E-state index contributed by atoms with van der Waals surface area (Å²) in [4.78, 5) is 0. The summed E-state index contributed by atoms with van der Waals surface area (Å²) in [5.41, 5.74) is 11.2. The summed E-state index contributed by atoms with van der Waals surface area (Å²) in [5.74, 6) is 0.520. The fourth-order valence-corrected chi connectivity index (χ4v) is 1.38. The molecule has 0 saturated carbocycles. The number of nitrogens with two attached hydrogens (primary N) is 2. The van der Waals surface area contributed by atoms with E-state index in [-0.39, 0.29) is 6.04 Å². The summed E-state index contributed by atoms with van der Waals surface area (Å²) in [5, 5.41) is 8.26. The van der Waals surface area contributed by atoms with E-state index in [1.165, 1.54) is 11.8 Å². The summed E-state index contributed by atoms with van der Waals surface area (Å²) in [6.07, 6.45) is 4.70. The lowest BCUT2D eigenvalue weighted by Gasteiger charge is -2.04. The third-order valence-corrected chi connectivity index (χ3v) is 2.40. The highest BCUT2D eigenvalue weighted by Gasteiger charge is 2.13. The van der Waals surface area contributed by atoms with E-state index in [0.717, 1.165) is 19.3 Å². The van der Waals surface area contributed by atoms with Crippen molar-refractivity contribution in [2.75, 3.05) is 12.8 Å². The number of aromatic nitrogens is 2. The summed E-state index contributed by atoms with van der Waals surface area (Å²) in [7, 11) is 0. The van der Waals surface area contributed by atoms with E-state index in [9.17, 15) is 0 Å². The maximum Gasteiger partial charge on any atom is 0.276 e. The second-order valence-electron chi connectivity index (χ2n) is 3.00. The third-order valence-electron chi connectivity index (χ3n) is 1.88. The molecule has 14 heavy (non-hydrogen) atoms. The van der Waals surface area contributed by atoms with Gasteiger partial charge in [0.1, 0.15) is 0 Å². The normalized spacial score (nSPS) is 13.1. The minimum atomic E-state index is -0.157. The number of hydrogen-bond acceptors (Lipinski definition) is 6. The molecule has 0 spiro atoms. The van der Waals surface area contributed by atoms with Gasteiger partial charge in [0.25, 0.3) is 5.22 Å². The second-order valence-corrected chi connectivity index (χ2v) is 3.76. The van der Waals surface area contributed by atoms with Crippen LogP contribution >= 0.6 is 11.8 Å². The molecule has 0 amide bonds. The predicted octanol–water partition coefficient (Wildman–Crippen LogP) is 0.920.